The van der Waals surface area contributed by atoms with Crippen molar-refractivity contribution in [3.05, 3.63) is 35.7 Å². The summed E-state index contributed by atoms with van der Waals surface area (Å²) in [6.45, 7) is 4.91. The summed E-state index contributed by atoms with van der Waals surface area (Å²) in [5.74, 6) is 0.894. The fraction of sp³-hybridized carbons (Fsp3) is 0.500. The Bertz CT molecular complexity index is 825. The molecule has 28 heavy (non-hydrogen) atoms. The lowest BCUT2D eigenvalue weighted by Crippen LogP contribution is -2.51. The Kier molecular flexibility index (Phi) is 6.41. The summed E-state index contributed by atoms with van der Waals surface area (Å²) in [6, 6.07) is 7.78. The summed E-state index contributed by atoms with van der Waals surface area (Å²) in [5, 5.41) is 4.00. The molecular weight excluding hydrogens is 358 g/mol. The standard InChI is InChI=1S/C20H27N5O3/c1-15-6-4-5-7-16(15)20-21-17(28-22-20)14-19(27)25-12-10-24(11-13-25)18(26)8-9-23(2)3/h4-7H,8-14H2,1-3H3. The highest BCUT2D eigenvalue weighted by Gasteiger charge is 2.25. The molecule has 1 saturated heterocycles. The number of aromatic nitrogens is 2. The molecule has 0 unspecified atom stereocenters. The average molecular weight is 385 g/mol. The number of carbonyl (C=O) groups excluding carboxylic acids is 2. The van der Waals surface area contributed by atoms with Crippen LogP contribution in [0.2, 0.25) is 0 Å². The molecule has 0 aliphatic carbocycles. The lowest BCUT2D eigenvalue weighted by molar-refractivity contribution is -0.139. The average Bonchev–Trinajstić information content (AvgIpc) is 3.14. The highest BCUT2D eigenvalue weighted by Crippen LogP contribution is 2.20. The van der Waals surface area contributed by atoms with Crippen molar-refractivity contribution in [2.24, 2.45) is 0 Å². The van der Waals surface area contributed by atoms with Gasteiger partial charge in [-0.2, -0.15) is 4.98 Å². The molecule has 150 valence electrons. The van der Waals surface area contributed by atoms with E-state index in [0.717, 1.165) is 17.7 Å². The van der Waals surface area contributed by atoms with Gasteiger partial charge in [-0.05, 0) is 26.6 Å². The molecule has 0 saturated carbocycles. The van der Waals surface area contributed by atoms with Crippen molar-refractivity contribution in [1.29, 1.82) is 0 Å². The maximum atomic E-state index is 12.6. The first-order valence-corrected chi connectivity index (χ1v) is 9.53. The van der Waals surface area contributed by atoms with Crippen LogP contribution in [0.3, 0.4) is 0 Å². The Hall–Kier alpha value is -2.74. The lowest BCUT2D eigenvalue weighted by Gasteiger charge is -2.34. The van der Waals surface area contributed by atoms with E-state index in [9.17, 15) is 9.59 Å². The van der Waals surface area contributed by atoms with Gasteiger partial charge in [0.25, 0.3) is 0 Å². The topological polar surface area (TPSA) is 82.8 Å². The Labute approximate surface area is 165 Å². The van der Waals surface area contributed by atoms with E-state index in [-0.39, 0.29) is 18.2 Å². The summed E-state index contributed by atoms with van der Waals surface area (Å²) in [5.41, 5.74) is 1.95. The summed E-state index contributed by atoms with van der Waals surface area (Å²) < 4.78 is 5.27. The van der Waals surface area contributed by atoms with Crippen molar-refractivity contribution in [2.75, 3.05) is 46.8 Å². The number of amides is 2. The first-order chi connectivity index (χ1) is 13.4. The van der Waals surface area contributed by atoms with E-state index in [1.165, 1.54) is 0 Å². The second-order valence-electron chi connectivity index (χ2n) is 7.32. The minimum Gasteiger partial charge on any atom is -0.339 e. The molecule has 2 aromatic rings. The first-order valence-electron chi connectivity index (χ1n) is 9.53. The molecule has 1 aromatic heterocycles. The number of carbonyl (C=O) groups is 2. The van der Waals surface area contributed by atoms with Crippen molar-refractivity contribution in [2.45, 2.75) is 19.8 Å². The van der Waals surface area contributed by atoms with Crippen LogP contribution in [-0.4, -0.2) is 83.5 Å². The Morgan fingerprint density at radius 2 is 1.71 bits per heavy atom. The van der Waals surface area contributed by atoms with Crippen LogP contribution in [0.1, 0.15) is 17.9 Å². The second-order valence-corrected chi connectivity index (χ2v) is 7.32. The third-order valence-corrected chi connectivity index (χ3v) is 4.91. The fourth-order valence-electron chi connectivity index (χ4n) is 3.18. The van der Waals surface area contributed by atoms with Crippen molar-refractivity contribution >= 4 is 11.8 Å². The summed E-state index contributed by atoms with van der Waals surface area (Å²) >= 11 is 0. The van der Waals surface area contributed by atoms with Crippen LogP contribution in [-0.2, 0) is 16.0 Å². The highest BCUT2D eigenvalue weighted by atomic mass is 16.5. The maximum Gasteiger partial charge on any atom is 0.236 e. The molecule has 0 bridgehead atoms. The number of rotatable bonds is 6. The van der Waals surface area contributed by atoms with Gasteiger partial charge < -0.3 is 19.2 Å². The molecule has 0 radical (unpaired) electrons. The van der Waals surface area contributed by atoms with Crippen LogP contribution in [0.5, 0.6) is 0 Å². The fourth-order valence-corrected chi connectivity index (χ4v) is 3.18. The van der Waals surface area contributed by atoms with Crippen molar-refractivity contribution in [3.8, 4) is 11.4 Å². The second kappa shape index (κ2) is 8.97. The Morgan fingerprint density at radius 3 is 2.36 bits per heavy atom. The molecular formula is C20H27N5O3. The minimum atomic E-state index is -0.0552. The molecule has 1 fully saturated rings. The van der Waals surface area contributed by atoms with E-state index in [4.69, 9.17) is 4.52 Å². The van der Waals surface area contributed by atoms with Crippen molar-refractivity contribution in [1.82, 2.24) is 24.8 Å². The van der Waals surface area contributed by atoms with Gasteiger partial charge in [-0.3, -0.25) is 9.59 Å². The van der Waals surface area contributed by atoms with Gasteiger partial charge in [0.1, 0.15) is 6.42 Å². The molecule has 8 heteroatoms. The van der Waals surface area contributed by atoms with Gasteiger partial charge in [-0.25, -0.2) is 0 Å². The highest BCUT2D eigenvalue weighted by molar-refractivity contribution is 5.79. The van der Waals surface area contributed by atoms with Crippen LogP contribution < -0.4 is 0 Å². The molecule has 1 aromatic carbocycles. The Balaban J connectivity index is 1.51. The monoisotopic (exact) mass is 385 g/mol. The first kappa shape index (κ1) is 20.0. The minimum absolute atomic E-state index is 0.0552. The van der Waals surface area contributed by atoms with Crippen molar-refractivity contribution < 1.29 is 14.1 Å². The van der Waals surface area contributed by atoms with E-state index in [2.05, 4.69) is 10.1 Å². The molecule has 1 aliphatic rings. The number of aryl methyl sites for hydroxylation is 1. The van der Waals surface area contributed by atoms with Gasteiger partial charge in [0, 0.05) is 44.7 Å². The van der Waals surface area contributed by atoms with Gasteiger partial charge in [0.05, 0.1) is 0 Å². The number of hydrogen-bond acceptors (Lipinski definition) is 6. The maximum absolute atomic E-state index is 12.6. The van der Waals surface area contributed by atoms with Gasteiger partial charge in [0.2, 0.25) is 23.5 Å². The molecule has 8 nitrogen and oxygen atoms in total. The number of hydrogen-bond donors (Lipinski definition) is 0. The molecule has 1 aliphatic heterocycles. The zero-order valence-corrected chi connectivity index (χ0v) is 16.7. The molecule has 2 heterocycles. The van der Waals surface area contributed by atoms with E-state index < -0.39 is 0 Å². The van der Waals surface area contributed by atoms with E-state index in [1.54, 1.807) is 4.90 Å². The van der Waals surface area contributed by atoms with E-state index in [1.807, 2.05) is 55.1 Å². The smallest absolute Gasteiger partial charge is 0.236 e. The van der Waals surface area contributed by atoms with Crippen LogP contribution >= 0.6 is 0 Å². The molecule has 0 N–H and O–H groups in total. The van der Waals surface area contributed by atoms with Gasteiger partial charge in [-0.1, -0.05) is 29.4 Å². The lowest BCUT2D eigenvalue weighted by atomic mass is 10.1. The quantitative estimate of drug-likeness (QED) is 0.743. The van der Waals surface area contributed by atoms with Gasteiger partial charge >= 0.3 is 0 Å². The third-order valence-electron chi connectivity index (χ3n) is 4.91. The largest absolute Gasteiger partial charge is 0.339 e. The molecule has 0 atom stereocenters. The number of nitrogens with zero attached hydrogens (tertiary/aromatic N) is 5. The third kappa shape index (κ3) is 4.95. The van der Waals surface area contributed by atoms with Gasteiger partial charge in [-0.15, -0.1) is 0 Å². The van der Waals surface area contributed by atoms with E-state index in [0.29, 0.717) is 44.3 Å². The molecule has 2 amide bonds. The zero-order valence-electron chi connectivity index (χ0n) is 16.7. The summed E-state index contributed by atoms with van der Waals surface area (Å²) in [7, 11) is 3.90. The molecule has 3 rings (SSSR count). The van der Waals surface area contributed by atoms with Gasteiger partial charge in [0.15, 0.2) is 0 Å². The van der Waals surface area contributed by atoms with Crippen LogP contribution in [0.15, 0.2) is 28.8 Å². The predicted octanol–water partition coefficient (Wildman–Crippen LogP) is 1.21. The summed E-state index contributed by atoms with van der Waals surface area (Å²) in [6.07, 6.45) is 0.581. The summed E-state index contributed by atoms with van der Waals surface area (Å²) in [4.78, 5) is 34.7. The Morgan fingerprint density at radius 1 is 1.07 bits per heavy atom. The predicted molar refractivity (Wildman–Crippen MR) is 105 cm³/mol. The van der Waals surface area contributed by atoms with Crippen LogP contribution in [0.4, 0.5) is 0 Å². The van der Waals surface area contributed by atoms with Crippen LogP contribution in [0.25, 0.3) is 11.4 Å². The van der Waals surface area contributed by atoms with E-state index >= 15 is 0 Å². The SMILES string of the molecule is Cc1ccccc1-c1noc(CC(=O)N2CCN(C(=O)CCN(C)C)CC2)n1. The zero-order chi connectivity index (χ0) is 20.1. The number of piperazine rings is 1. The molecule has 0 spiro atoms. The van der Waals surface area contributed by atoms with Crippen molar-refractivity contribution in [3.63, 3.8) is 0 Å². The number of benzene rings is 1. The van der Waals surface area contributed by atoms with Crippen LogP contribution in [0, 0.1) is 6.92 Å². The normalized spacial score (nSPS) is 14.6.